The van der Waals surface area contributed by atoms with E-state index in [4.69, 9.17) is 4.74 Å². The highest BCUT2D eigenvalue weighted by molar-refractivity contribution is 7.13. The maximum Gasteiger partial charge on any atom is 0.243 e. The van der Waals surface area contributed by atoms with Crippen LogP contribution in [0.1, 0.15) is 38.4 Å². The van der Waals surface area contributed by atoms with Crippen molar-refractivity contribution in [2.45, 2.75) is 52.8 Å². The Bertz CT molecular complexity index is 1130. The van der Waals surface area contributed by atoms with E-state index in [1.165, 1.54) is 0 Å². The van der Waals surface area contributed by atoms with Crippen molar-refractivity contribution in [3.63, 3.8) is 0 Å². The van der Waals surface area contributed by atoms with Gasteiger partial charge in [0.1, 0.15) is 18.4 Å². The molecule has 2 aliphatic rings. The number of aliphatic hydroxyl groups excluding tert-OH is 1. The van der Waals surface area contributed by atoms with Gasteiger partial charge < -0.3 is 25.0 Å². The van der Waals surface area contributed by atoms with Crippen LogP contribution >= 0.6 is 11.3 Å². The molecule has 2 N–H and O–H groups in total. The van der Waals surface area contributed by atoms with Crippen LogP contribution in [0.3, 0.4) is 0 Å². The molecule has 2 aromatic rings. The van der Waals surface area contributed by atoms with Crippen molar-refractivity contribution in [2.75, 3.05) is 52.9 Å². The summed E-state index contributed by atoms with van der Waals surface area (Å²) in [5.74, 6) is 0.349. The van der Waals surface area contributed by atoms with Gasteiger partial charge in [0.25, 0.3) is 0 Å². The molecule has 214 valence electrons. The summed E-state index contributed by atoms with van der Waals surface area (Å²) in [5.41, 5.74) is 4.73. The highest BCUT2D eigenvalue weighted by Crippen LogP contribution is 2.32. The number of hydrogen-bond acceptors (Lipinski definition) is 8. The number of piperazine rings is 1. The zero-order valence-electron chi connectivity index (χ0n) is 23.9. The monoisotopic (exact) mass is 557 g/mol. The van der Waals surface area contributed by atoms with Gasteiger partial charge in [0.05, 0.1) is 22.2 Å². The lowest BCUT2D eigenvalue weighted by molar-refractivity contribution is -0.142. The van der Waals surface area contributed by atoms with E-state index in [1.807, 2.05) is 51.4 Å². The highest BCUT2D eigenvalue weighted by Gasteiger charge is 2.40. The first-order valence-electron chi connectivity index (χ1n) is 14.0. The number of likely N-dealkylation sites (tertiary alicyclic amines) is 1. The van der Waals surface area contributed by atoms with Crippen molar-refractivity contribution in [3.8, 4) is 16.2 Å². The Labute approximate surface area is 236 Å². The lowest BCUT2D eigenvalue weighted by Gasteiger charge is -2.32. The Balaban J connectivity index is 1.45. The fraction of sp³-hybridized carbons (Fsp3) is 0.621. The van der Waals surface area contributed by atoms with Crippen LogP contribution in [0, 0.1) is 18.8 Å². The van der Waals surface area contributed by atoms with E-state index in [0.717, 1.165) is 60.2 Å². The molecule has 0 bridgehead atoms. The second-order valence-corrected chi connectivity index (χ2v) is 12.1. The minimum atomic E-state index is -0.695. The van der Waals surface area contributed by atoms with E-state index in [-0.39, 0.29) is 43.2 Å². The van der Waals surface area contributed by atoms with Gasteiger partial charge in [-0.25, -0.2) is 4.98 Å². The highest BCUT2D eigenvalue weighted by atomic mass is 32.1. The molecule has 3 unspecified atom stereocenters. The molecule has 4 rings (SSSR count). The lowest BCUT2D eigenvalue weighted by Crippen LogP contribution is -2.48. The first-order chi connectivity index (χ1) is 18.6. The van der Waals surface area contributed by atoms with Crippen LogP contribution in [-0.2, 0) is 16.1 Å². The molecule has 2 saturated heterocycles. The van der Waals surface area contributed by atoms with Crippen LogP contribution in [0.4, 0.5) is 0 Å². The molecule has 1 aromatic carbocycles. The first-order valence-corrected chi connectivity index (χ1v) is 14.8. The van der Waals surface area contributed by atoms with Crippen LogP contribution in [-0.4, -0.2) is 102 Å². The van der Waals surface area contributed by atoms with Crippen molar-refractivity contribution in [1.82, 2.24) is 25.0 Å². The number of amides is 2. The predicted molar refractivity (Wildman–Crippen MR) is 154 cm³/mol. The predicted octanol–water partition coefficient (Wildman–Crippen LogP) is 2.61. The third-order valence-electron chi connectivity index (χ3n) is 8.04. The molecule has 0 aliphatic carbocycles. The van der Waals surface area contributed by atoms with Gasteiger partial charge in [-0.2, -0.15) is 0 Å². The molecule has 2 amide bonds. The van der Waals surface area contributed by atoms with Gasteiger partial charge in [-0.15, -0.1) is 11.3 Å². The quantitative estimate of drug-likeness (QED) is 0.464. The second-order valence-electron chi connectivity index (χ2n) is 11.2. The summed E-state index contributed by atoms with van der Waals surface area (Å²) < 4.78 is 6.31. The number of thiazole rings is 1. The molecule has 39 heavy (non-hydrogen) atoms. The number of nitrogens with one attached hydrogen (secondary N) is 1. The van der Waals surface area contributed by atoms with Crippen molar-refractivity contribution < 1.29 is 19.4 Å². The normalized spacial score (nSPS) is 21.4. The number of ether oxygens (including phenoxy) is 1. The number of aryl methyl sites for hydroxylation is 1. The largest absolute Gasteiger partial charge is 0.492 e. The number of carbonyl (C=O) groups excluding carboxylic acids is 2. The minimum absolute atomic E-state index is 0.0843. The molecule has 10 heteroatoms. The average molecular weight is 558 g/mol. The Morgan fingerprint density at radius 2 is 1.95 bits per heavy atom. The van der Waals surface area contributed by atoms with Crippen LogP contribution in [0.5, 0.6) is 5.75 Å². The molecule has 1 aromatic heterocycles. The summed E-state index contributed by atoms with van der Waals surface area (Å²) in [7, 11) is 2.15. The molecule has 3 atom stereocenters. The van der Waals surface area contributed by atoms with E-state index in [2.05, 4.69) is 27.1 Å². The molecule has 2 aliphatic heterocycles. The van der Waals surface area contributed by atoms with Crippen LogP contribution in [0.15, 0.2) is 23.7 Å². The van der Waals surface area contributed by atoms with Crippen molar-refractivity contribution >= 4 is 23.2 Å². The van der Waals surface area contributed by atoms with Gasteiger partial charge in [-0.05, 0) is 31.5 Å². The minimum Gasteiger partial charge on any atom is -0.492 e. The smallest absolute Gasteiger partial charge is 0.243 e. The Morgan fingerprint density at radius 3 is 2.62 bits per heavy atom. The lowest BCUT2D eigenvalue weighted by atomic mass is 9.96. The number of carbonyl (C=O) groups is 2. The molecule has 0 spiro atoms. The number of benzene rings is 1. The van der Waals surface area contributed by atoms with Crippen LogP contribution < -0.4 is 10.1 Å². The number of β-amino-alcohol motifs (C(OH)–C–C–N with tert-alkyl or cyclic N) is 1. The SMILES string of the molecule is Cc1ncsc1-c1ccc(CNC(=O)C2CC(O)CN2C(=O)C(C)C(C)C)c(OCCN2CCN(C)CC2)c1. The zero-order chi connectivity index (χ0) is 28.1. The molecule has 9 nitrogen and oxygen atoms in total. The van der Waals surface area contributed by atoms with Crippen molar-refractivity contribution in [3.05, 3.63) is 35.0 Å². The summed E-state index contributed by atoms with van der Waals surface area (Å²) in [6, 6.07) is 5.39. The molecule has 3 heterocycles. The third-order valence-corrected chi connectivity index (χ3v) is 9.02. The number of rotatable bonds is 10. The second kappa shape index (κ2) is 13.2. The maximum absolute atomic E-state index is 13.3. The van der Waals surface area contributed by atoms with E-state index >= 15 is 0 Å². The molecular weight excluding hydrogens is 514 g/mol. The molecule has 0 radical (unpaired) electrons. The van der Waals surface area contributed by atoms with Gasteiger partial charge >= 0.3 is 0 Å². The summed E-state index contributed by atoms with van der Waals surface area (Å²) in [5, 5.41) is 13.3. The summed E-state index contributed by atoms with van der Waals surface area (Å²) in [6.45, 7) is 13.9. The third kappa shape index (κ3) is 7.36. The van der Waals surface area contributed by atoms with Crippen molar-refractivity contribution in [2.24, 2.45) is 11.8 Å². The fourth-order valence-electron chi connectivity index (χ4n) is 5.06. The van der Waals surface area contributed by atoms with E-state index in [0.29, 0.717) is 6.61 Å². The van der Waals surface area contributed by atoms with Gasteiger partial charge in [0, 0.05) is 63.7 Å². The van der Waals surface area contributed by atoms with Crippen LogP contribution in [0.25, 0.3) is 10.4 Å². The Morgan fingerprint density at radius 1 is 1.21 bits per heavy atom. The topological polar surface area (TPSA) is 98.2 Å². The van der Waals surface area contributed by atoms with Gasteiger partial charge in [0.2, 0.25) is 11.8 Å². The molecule has 0 saturated carbocycles. The van der Waals surface area contributed by atoms with E-state index < -0.39 is 12.1 Å². The molecular formula is C29H43N5O4S. The number of nitrogens with zero attached hydrogens (tertiary/aromatic N) is 4. The van der Waals surface area contributed by atoms with E-state index in [9.17, 15) is 14.7 Å². The zero-order valence-corrected chi connectivity index (χ0v) is 24.7. The average Bonchev–Trinajstić information content (AvgIpc) is 3.53. The standard InChI is InChI=1S/C29H43N5O4S/c1-19(2)20(3)29(37)34-17-24(35)15-25(34)28(36)30-16-23-7-6-22(27-21(4)31-18-39-27)14-26(23)38-13-12-33-10-8-32(5)9-11-33/h6-7,14,18-20,24-25,35H,8-13,15-17H2,1-5H3,(H,30,36). The molecule has 2 fully saturated rings. The summed E-state index contributed by atoms with van der Waals surface area (Å²) in [6.07, 6.45) is -0.445. The Kier molecular flexibility index (Phi) is 9.98. The number of aromatic nitrogens is 1. The summed E-state index contributed by atoms with van der Waals surface area (Å²) in [4.78, 5) is 38.1. The summed E-state index contributed by atoms with van der Waals surface area (Å²) >= 11 is 1.60. The number of likely N-dealkylation sites (N-methyl/N-ethyl adjacent to an activating group) is 1. The van der Waals surface area contributed by atoms with Crippen LogP contribution in [0.2, 0.25) is 0 Å². The first kappa shape index (κ1) is 29.5. The fourth-order valence-corrected chi connectivity index (χ4v) is 5.87. The van der Waals surface area contributed by atoms with Crippen molar-refractivity contribution in [1.29, 1.82) is 0 Å². The van der Waals surface area contributed by atoms with Gasteiger partial charge in [0.15, 0.2) is 0 Å². The number of hydrogen-bond donors (Lipinski definition) is 2. The maximum atomic E-state index is 13.3. The van der Waals surface area contributed by atoms with Gasteiger partial charge in [-0.1, -0.05) is 32.9 Å². The van der Waals surface area contributed by atoms with E-state index in [1.54, 1.807) is 16.2 Å². The van der Waals surface area contributed by atoms with Gasteiger partial charge in [-0.3, -0.25) is 14.5 Å². The number of aliphatic hydroxyl groups is 1. The Hall–Kier alpha value is -2.53.